The lowest BCUT2D eigenvalue weighted by atomic mass is 10.2. The molecular formula is C19H22N2O7S. The lowest BCUT2D eigenvalue weighted by Gasteiger charge is -2.14. The van der Waals surface area contributed by atoms with E-state index in [1.54, 1.807) is 32.0 Å². The van der Waals surface area contributed by atoms with Crippen molar-refractivity contribution in [2.75, 3.05) is 25.3 Å². The van der Waals surface area contributed by atoms with E-state index < -0.39 is 16.1 Å². The summed E-state index contributed by atoms with van der Waals surface area (Å²) >= 11 is 0. The van der Waals surface area contributed by atoms with Crippen LogP contribution in [-0.2, 0) is 21.3 Å². The molecule has 0 aromatic heterocycles. The number of nitrogens with one attached hydrogen (secondary N) is 2. The van der Waals surface area contributed by atoms with Crippen LogP contribution in [0.1, 0.15) is 19.4 Å². The Morgan fingerprint density at radius 2 is 1.86 bits per heavy atom. The highest BCUT2D eigenvalue weighted by molar-refractivity contribution is 7.89. The molecule has 2 aromatic rings. The van der Waals surface area contributed by atoms with E-state index in [9.17, 15) is 13.2 Å². The van der Waals surface area contributed by atoms with Crippen LogP contribution >= 0.6 is 0 Å². The number of sulfonamides is 1. The molecule has 1 aliphatic rings. The molecular weight excluding hydrogens is 400 g/mol. The highest BCUT2D eigenvalue weighted by atomic mass is 32.2. The van der Waals surface area contributed by atoms with Crippen molar-refractivity contribution in [1.82, 2.24) is 4.72 Å². The fourth-order valence-electron chi connectivity index (χ4n) is 2.65. The lowest BCUT2D eigenvalue weighted by molar-refractivity contribution is 0.167. The van der Waals surface area contributed by atoms with Crippen molar-refractivity contribution in [2.45, 2.75) is 25.3 Å². The van der Waals surface area contributed by atoms with Crippen molar-refractivity contribution in [3.63, 3.8) is 0 Å². The third-order valence-corrected chi connectivity index (χ3v) is 5.38. The molecule has 156 valence electrons. The number of rotatable bonds is 8. The Morgan fingerprint density at radius 1 is 1.07 bits per heavy atom. The number of ether oxygens (including phenoxy) is 4. The van der Waals surface area contributed by atoms with Crippen LogP contribution < -0.4 is 24.2 Å². The maximum absolute atomic E-state index is 12.7. The van der Waals surface area contributed by atoms with Crippen LogP contribution in [0.15, 0.2) is 41.3 Å². The van der Waals surface area contributed by atoms with Gasteiger partial charge in [0, 0.05) is 6.54 Å². The lowest BCUT2D eigenvalue weighted by Crippen LogP contribution is -2.23. The van der Waals surface area contributed by atoms with Gasteiger partial charge in [0.2, 0.25) is 16.8 Å². The van der Waals surface area contributed by atoms with Crippen LogP contribution in [0.3, 0.4) is 0 Å². The number of fused-ring (bicyclic) bond motifs is 1. The summed E-state index contributed by atoms with van der Waals surface area (Å²) in [6.07, 6.45) is -0.698. The van der Waals surface area contributed by atoms with E-state index in [4.69, 9.17) is 18.9 Å². The standard InChI is InChI=1S/C19H22N2O7S/c1-3-25-16-8-6-14(10-15(16)21-19(22)26-4-2)29(23,24)20-11-13-5-7-17-18(9-13)28-12-27-17/h5-10,20H,3-4,11-12H2,1-2H3,(H,21,22). The molecule has 0 unspecified atom stereocenters. The van der Waals surface area contributed by atoms with E-state index in [1.807, 2.05) is 0 Å². The van der Waals surface area contributed by atoms with Gasteiger partial charge in [0.1, 0.15) is 5.75 Å². The molecule has 0 spiro atoms. The summed E-state index contributed by atoms with van der Waals surface area (Å²) in [5.41, 5.74) is 0.921. The predicted molar refractivity (Wildman–Crippen MR) is 105 cm³/mol. The molecule has 9 nitrogen and oxygen atoms in total. The van der Waals surface area contributed by atoms with Crippen LogP contribution in [0.4, 0.5) is 10.5 Å². The van der Waals surface area contributed by atoms with Crippen molar-refractivity contribution in [1.29, 1.82) is 0 Å². The number of anilines is 1. The maximum atomic E-state index is 12.7. The summed E-state index contributed by atoms with van der Waals surface area (Å²) in [5.74, 6) is 1.54. The topological polar surface area (TPSA) is 112 Å². The largest absolute Gasteiger partial charge is 0.492 e. The first-order valence-electron chi connectivity index (χ1n) is 9.01. The molecule has 1 aliphatic heterocycles. The molecule has 1 amide bonds. The zero-order valence-electron chi connectivity index (χ0n) is 16.1. The smallest absolute Gasteiger partial charge is 0.411 e. The second kappa shape index (κ2) is 9.01. The van der Waals surface area contributed by atoms with Gasteiger partial charge in [0.25, 0.3) is 0 Å². The zero-order chi connectivity index (χ0) is 20.9. The Morgan fingerprint density at radius 3 is 2.62 bits per heavy atom. The van der Waals surface area contributed by atoms with E-state index in [-0.39, 0.29) is 30.5 Å². The predicted octanol–water partition coefficient (Wildman–Crippen LogP) is 2.86. The molecule has 0 radical (unpaired) electrons. The Hall–Kier alpha value is -2.98. The van der Waals surface area contributed by atoms with Gasteiger partial charge in [-0.3, -0.25) is 5.32 Å². The normalized spacial score (nSPS) is 12.5. The van der Waals surface area contributed by atoms with Gasteiger partial charge in [-0.2, -0.15) is 0 Å². The molecule has 3 rings (SSSR count). The fraction of sp³-hybridized carbons (Fsp3) is 0.316. The number of benzene rings is 2. The number of hydrogen-bond donors (Lipinski definition) is 2. The summed E-state index contributed by atoms with van der Waals surface area (Å²) in [5, 5.41) is 2.50. The molecule has 0 bridgehead atoms. The second-order valence-electron chi connectivity index (χ2n) is 5.95. The molecule has 0 atom stereocenters. The Labute approximate surface area is 169 Å². The maximum Gasteiger partial charge on any atom is 0.411 e. The highest BCUT2D eigenvalue weighted by Crippen LogP contribution is 2.33. The van der Waals surface area contributed by atoms with Crippen molar-refractivity contribution in [3.8, 4) is 17.2 Å². The Bertz CT molecular complexity index is 992. The first-order chi connectivity index (χ1) is 13.9. The van der Waals surface area contributed by atoms with Crippen molar-refractivity contribution >= 4 is 21.8 Å². The quantitative estimate of drug-likeness (QED) is 0.673. The first-order valence-corrected chi connectivity index (χ1v) is 10.5. The van der Waals surface area contributed by atoms with Crippen molar-refractivity contribution < 1.29 is 32.2 Å². The Kier molecular flexibility index (Phi) is 6.45. The number of carbonyl (C=O) groups excluding carboxylic acids is 1. The van der Waals surface area contributed by atoms with E-state index in [2.05, 4.69) is 10.0 Å². The zero-order valence-corrected chi connectivity index (χ0v) is 16.9. The molecule has 2 aromatic carbocycles. The van der Waals surface area contributed by atoms with Gasteiger partial charge in [0.15, 0.2) is 11.5 Å². The number of amides is 1. The van der Waals surface area contributed by atoms with E-state index >= 15 is 0 Å². The van der Waals surface area contributed by atoms with Gasteiger partial charge in [0.05, 0.1) is 23.8 Å². The minimum absolute atomic E-state index is 0.0199. The van der Waals surface area contributed by atoms with Gasteiger partial charge < -0.3 is 18.9 Å². The highest BCUT2D eigenvalue weighted by Gasteiger charge is 2.19. The summed E-state index contributed by atoms with van der Waals surface area (Å²) in [6, 6.07) is 9.41. The summed E-state index contributed by atoms with van der Waals surface area (Å²) in [4.78, 5) is 11.7. The minimum atomic E-state index is -3.84. The van der Waals surface area contributed by atoms with Crippen molar-refractivity contribution in [3.05, 3.63) is 42.0 Å². The first kappa shape index (κ1) is 20.7. The SMILES string of the molecule is CCOC(=O)Nc1cc(S(=O)(=O)NCc2ccc3c(c2)OCO3)ccc1OCC. The van der Waals surface area contributed by atoms with E-state index in [0.717, 1.165) is 0 Å². The van der Waals surface area contributed by atoms with Crippen molar-refractivity contribution in [2.24, 2.45) is 0 Å². The van der Waals surface area contributed by atoms with Gasteiger partial charge in [-0.15, -0.1) is 0 Å². The van der Waals surface area contributed by atoms with Crippen LogP contribution in [0.2, 0.25) is 0 Å². The summed E-state index contributed by atoms with van der Waals surface area (Å²) in [6.45, 7) is 4.20. The molecule has 29 heavy (non-hydrogen) atoms. The average Bonchev–Trinajstić information content (AvgIpc) is 3.16. The molecule has 2 N–H and O–H groups in total. The third-order valence-electron chi connectivity index (χ3n) is 3.98. The molecule has 0 saturated heterocycles. The van der Waals surface area contributed by atoms with Crippen LogP contribution in [0.5, 0.6) is 17.2 Å². The fourth-order valence-corrected chi connectivity index (χ4v) is 3.69. The van der Waals surface area contributed by atoms with E-state index in [1.165, 1.54) is 18.2 Å². The summed E-state index contributed by atoms with van der Waals surface area (Å²) < 4.78 is 48.8. The van der Waals surface area contributed by atoms with Gasteiger partial charge in [-0.1, -0.05) is 6.07 Å². The number of hydrogen-bond acceptors (Lipinski definition) is 7. The van der Waals surface area contributed by atoms with Gasteiger partial charge in [-0.05, 0) is 49.7 Å². The number of carbonyl (C=O) groups is 1. The molecule has 1 heterocycles. The second-order valence-corrected chi connectivity index (χ2v) is 7.72. The van der Waals surface area contributed by atoms with Crippen LogP contribution in [-0.4, -0.2) is 34.5 Å². The van der Waals surface area contributed by atoms with E-state index in [0.29, 0.717) is 29.4 Å². The van der Waals surface area contributed by atoms with Gasteiger partial charge >= 0.3 is 6.09 Å². The average molecular weight is 422 g/mol. The van der Waals surface area contributed by atoms with Crippen LogP contribution in [0, 0.1) is 0 Å². The van der Waals surface area contributed by atoms with Gasteiger partial charge in [-0.25, -0.2) is 17.9 Å². The van der Waals surface area contributed by atoms with Crippen LogP contribution in [0.25, 0.3) is 0 Å². The Balaban J connectivity index is 1.77. The molecule has 0 fully saturated rings. The summed E-state index contributed by atoms with van der Waals surface area (Å²) in [7, 11) is -3.84. The molecule has 0 saturated carbocycles. The minimum Gasteiger partial charge on any atom is -0.492 e. The third kappa shape index (κ3) is 5.09. The molecule has 0 aliphatic carbocycles. The molecule has 10 heteroatoms. The monoisotopic (exact) mass is 422 g/mol.